The van der Waals surface area contributed by atoms with E-state index in [0.29, 0.717) is 25.1 Å². The Bertz CT molecular complexity index is 452. The number of primary amides is 1. The second-order valence-corrected chi connectivity index (χ2v) is 4.83. The summed E-state index contributed by atoms with van der Waals surface area (Å²) in [5.41, 5.74) is 5.40. The van der Waals surface area contributed by atoms with Crippen LogP contribution in [0.1, 0.15) is 26.7 Å². The summed E-state index contributed by atoms with van der Waals surface area (Å²) in [5, 5.41) is 0. The fourth-order valence-corrected chi connectivity index (χ4v) is 2.35. The van der Waals surface area contributed by atoms with E-state index in [4.69, 9.17) is 10.5 Å². The first-order valence-electron chi connectivity index (χ1n) is 6.62. The smallest absolute Gasteiger partial charge is 0.234 e. The maximum atomic E-state index is 11.3. The lowest BCUT2D eigenvalue weighted by atomic mass is 9.93. The van der Waals surface area contributed by atoms with E-state index in [1.54, 1.807) is 12.4 Å². The van der Waals surface area contributed by atoms with E-state index >= 15 is 0 Å². The highest BCUT2D eigenvalue weighted by atomic mass is 16.5. The first-order valence-corrected chi connectivity index (χ1v) is 6.62. The van der Waals surface area contributed by atoms with Crippen LogP contribution in [-0.4, -0.2) is 35.1 Å². The number of rotatable bonds is 4. The van der Waals surface area contributed by atoms with Crippen LogP contribution in [0, 0.1) is 5.92 Å². The van der Waals surface area contributed by atoms with Crippen molar-refractivity contribution in [1.82, 2.24) is 9.97 Å². The molecule has 1 saturated heterocycles. The van der Waals surface area contributed by atoms with E-state index in [2.05, 4.69) is 21.8 Å². The Balaban J connectivity index is 2.18. The molecule has 2 rings (SSSR count). The molecule has 2 heterocycles. The highest BCUT2D eigenvalue weighted by Crippen LogP contribution is 2.26. The molecule has 0 aliphatic carbocycles. The van der Waals surface area contributed by atoms with Gasteiger partial charge in [-0.15, -0.1) is 0 Å². The molecule has 0 unspecified atom stereocenters. The summed E-state index contributed by atoms with van der Waals surface area (Å²) in [4.78, 5) is 22.0. The van der Waals surface area contributed by atoms with Crippen molar-refractivity contribution < 1.29 is 9.53 Å². The molecule has 1 aromatic heterocycles. The maximum absolute atomic E-state index is 11.3. The van der Waals surface area contributed by atoms with Gasteiger partial charge in [0.05, 0.1) is 24.9 Å². The lowest BCUT2D eigenvalue weighted by Crippen LogP contribution is -2.46. The first kappa shape index (κ1) is 13.6. The van der Waals surface area contributed by atoms with Gasteiger partial charge in [-0.05, 0) is 26.7 Å². The lowest BCUT2D eigenvalue weighted by molar-refractivity contribution is -0.122. The van der Waals surface area contributed by atoms with Gasteiger partial charge in [-0.1, -0.05) is 0 Å². The van der Waals surface area contributed by atoms with Crippen LogP contribution in [0.15, 0.2) is 12.4 Å². The number of carbonyl (C=O) groups is 1. The van der Waals surface area contributed by atoms with Crippen LogP contribution in [-0.2, 0) is 4.79 Å². The molecule has 0 aromatic carbocycles. The molecule has 0 bridgehead atoms. The van der Waals surface area contributed by atoms with Gasteiger partial charge in [0.25, 0.3) is 0 Å². The molecule has 2 atom stereocenters. The van der Waals surface area contributed by atoms with Crippen LogP contribution in [0.4, 0.5) is 5.82 Å². The number of carbonyl (C=O) groups excluding carboxylic acids is 1. The van der Waals surface area contributed by atoms with Crippen LogP contribution in [0.5, 0.6) is 5.88 Å². The molecule has 0 radical (unpaired) electrons. The minimum atomic E-state index is -0.245. The van der Waals surface area contributed by atoms with Gasteiger partial charge in [0.15, 0.2) is 5.82 Å². The summed E-state index contributed by atoms with van der Waals surface area (Å²) < 4.78 is 5.35. The molecule has 1 aliphatic heterocycles. The number of piperidine rings is 1. The Morgan fingerprint density at radius 2 is 2.32 bits per heavy atom. The van der Waals surface area contributed by atoms with Crippen LogP contribution in [0.25, 0.3) is 0 Å². The SMILES string of the molecule is CCOc1cncc(N2C[C@H](C(N)=O)CC[C@H]2C)n1. The highest BCUT2D eigenvalue weighted by molar-refractivity contribution is 5.77. The normalized spacial score (nSPS) is 23.2. The van der Waals surface area contributed by atoms with Crippen molar-refractivity contribution in [2.75, 3.05) is 18.1 Å². The van der Waals surface area contributed by atoms with Crippen LogP contribution in [0.2, 0.25) is 0 Å². The molecular formula is C13H20N4O2. The van der Waals surface area contributed by atoms with Crippen LogP contribution < -0.4 is 15.4 Å². The molecule has 2 N–H and O–H groups in total. The standard InChI is InChI=1S/C13H20N4O2/c1-3-19-12-7-15-6-11(16-12)17-8-10(13(14)18)5-4-9(17)2/h6-7,9-10H,3-5,8H2,1-2H3,(H2,14,18)/t9-,10-/m1/s1. The zero-order chi connectivity index (χ0) is 13.8. The van der Waals surface area contributed by atoms with Crippen molar-refractivity contribution in [2.24, 2.45) is 11.7 Å². The third kappa shape index (κ3) is 3.13. The third-order valence-electron chi connectivity index (χ3n) is 3.47. The van der Waals surface area contributed by atoms with Gasteiger partial charge in [-0.25, -0.2) is 0 Å². The number of aromatic nitrogens is 2. The summed E-state index contributed by atoms with van der Waals surface area (Å²) in [6.07, 6.45) is 5.05. The molecule has 1 amide bonds. The van der Waals surface area contributed by atoms with Crippen molar-refractivity contribution in [3.8, 4) is 5.88 Å². The molecule has 6 nitrogen and oxygen atoms in total. The lowest BCUT2D eigenvalue weighted by Gasteiger charge is -2.37. The van der Waals surface area contributed by atoms with Gasteiger partial charge in [0.2, 0.25) is 11.8 Å². The molecule has 19 heavy (non-hydrogen) atoms. The van der Waals surface area contributed by atoms with E-state index in [1.807, 2.05) is 6.92 Å². The van der Waals surface area contributed by atoms with Crippen molar-refractivity contribution in [3.05, 3.63) is 12.4 Å². The van der Waals surface area contributed by atoms with E-state index in [0.717, 1.165) is 18.7 Å². The fraction of sp³-hybridized carbons (Fsp3) is 0.615. The summed E-state index contributed by atoms with van der Waals surface area (Å²) in [6, 6.07) is 0.321. The summed E-state index contributed by atoms with van der Waals surface area (Å²) in [7, 11) is 0. The van der Waals surface area contributed by atoms with Crippen LogP contribution >= 0.6 is 0 Å². The molecule has 1 fully saturated rings. The Hall–Kier alpha value is -1.85. The Morgan fingerprint density at radius 3 is 3.00 bits per heavy atom. The first-order chi connectivity index (χ1) is 9.11. The average molecular weight is 264 g/mol. The van der Waals surface area contributed by atoms with Crippen LogP contribution in [0.3, 0.4) is 0 Å². The number of nitrogens with zero attached hydrogens (tertiary/aromatic N) is 3. The van der Waals surface area contributed by atoms with Gasteiger partial charge in [-0.2, -0.15) is 4.98 Å². The Labute approximate surface area is 113 Å². The summed E-state index contributed by atoms with van der Waals surface area (Å²) in [6.45, 7) is 5.17. The van der Waals surface area contributed by atoms with Gasteiger partial charge in [0, 0.05) is 12.6 Å². The molecule has 6 heteroatoms. The van der Waals surface area contributed by atoms with Gasteiger partial charge in [0.1, 0.15) is 0 Å². The van der Waals surface area contributed by atoms with E-state index in [-0.39, 0.29) is 11.8 Å². The van der Waals surface area contributed by atoms with E-state index < -0.39 is 0 Å². The molecular weight excluding hydrogens is 244 g/mol. The van der Waals surface area contributed by atoms with E-state index in [9.17, 15) is 4.79 Å². The molecule has 0 spiro atoms. The largest absolute Gasteiger partial charge is 0.477 e. The fourth-order valence-electron chi connectivity index (χ4n) is 2.35. The predicted molar refractivity (Wildman–Crippen MR) is 71.9 cm³/mol. The molecule has 0 saturated carbocycles. The monoisotopic (exact) mass is 264 g/mol. The zero-order valence-electron chi connectivity index (χ0n) is 11.4. The molecule has 1 aromatic rings. The number of amides is 1. The zero-order valence-corrected chi connectivity index (χ0v) is 11.4. The quantitative estimate of drug-likeness (QED) is 0.876. The van der Waals surface area contributed by atoms with Crippen molar-refractivity contribution in [3.63, 3.8) is 0 Å². The third-order valence-corrected chi connectivity index (χ3v) is 3.47. The summed E-state index contributed by atoms with van der Waals surface area (Å²) >= 11 is 0. The Morgan fingerprint density at radius 1 is 1.53 bits per heavy atom. The van der Waals surface area contributed by atoms with Gasteiger partial charge >= 0.3 is 0 Å². The number of hydrogen-bond acceptors (Lipinski definition) is 5. The number of nitrogens with two attached hydrogens (primary N) is 1. The van der Waals surface area contributed by atoms with Crippen molar-refractivity contribution in [2.45, 2.75) is 32.7 Å². The average Bonchev–Trinajstić information content (AvgIpc) is 2.39. The number of ether oxygens (including phenoxy) is 1. The number of hydrogen-bond donors (Lipinski definition) is 1. The van der Waals surface area contributed by atoms with Gasteiger partial charge in [-0.3, -0.25) is 9.78 Å². The Kier molecular flexibility index (Phi) is 4.19. The van der Waals surface area contributed by atoms with E-state index in [1.165, 1.54) is 0 Å². The minimum Gasteiger partial charge on any atom is -0.477 e. The molecule has 104 valence electrons. The molecule has 1 aliphatic rings. The van der Waals surface area contributed by atoms with Gasteiger partial charge < -0.3 is 15.4 Å². The second kappa shape index (κ2) is 5.86. The summed E-state index contributed by atoms with van der Waals surface area (Å²) in [5.74, 6) is 0.886. The van der Waals surface area contributed by atoms with Crippen molar-refractivity contribution >= 4 is 11.7 Å². The highest BCUT2D eigenvalue weighted by Gasteiger charge is 2.29. The second-order valence-electron chi connectivity index (χ2n) is 4.83. The predicted octanol–water partition coefficient (Wildman–Crippen LogP) is 0.965. The minimum absolute atomic E-state index is 0.117. The maximum Gasteiger partial charge on any atom is 0.234 e. The number of anilines is 1. The topological polar surface area (TPSA) is 81.3 Å². The van der Waals surface area contributed by atoms with Crippen molar-refractivity contribution in [1.29, 1.82) is 0 Å².